The predicted octanol–water partition coefficient (Wildman–Crippen LogP) is 3.94. The Morgan fingerprint density at radius 3 is 2.87 bits per heavy atom. The summed E-state index contributed by atoms with van der Waals surface area (Å²) in [5.74, 6) is 1.44. The molecular formula is C14H24O. The molecule has 0 aromatic heterocycles. The van der Waals surface area contributed by atoms with E-state index in [1.54, 1.807) is 5.57 Å². The molecule has 0 spiro atoms. The summed E-state index contributed by atoms with van der Waals surface area (Å²) in [4.78, 5) is 0. The van der Waals surface area contributed by atoms with Crippen molar-refractivity contribution in [2.45, 2.75) is 65.1 Å². The smallest absolute Gasteiger partial charge is 0.0661 e. The lowest BCUT2D eigenvalue weighted by molar-refractivity contribution is -0.165. The molecule has 2 rings (SSSR count). The van der Waals surface area contributed by atoms with Crippen molar-refractivity contribution in [1.82, 2.24) is 0 Å². The van der Waals surface area contributed by atoms with Gasteiger partial charge in [-0.3, -0.25) is 0 Å². The highest BCUT2D eigenvalue weighted by Crippen LogP contribution is 2.46. The van der Waals surface area contributed by atoms with E-state index in [4.69, 9.17) is 4.74 Å². The molecule has 1 nitrogen and oxygen atoms in total. The highest BCUT2D eigenvalue weighted by Gasteiger charge is 2.44. The Morgan fingerprint density at radius 2 is 2.20 bits per heavy atom. The van der Waals surface area contributed by atoms with E-state index < -0.39 is 0 Å². The van der Waals surface area contributed by atoms with Gasteiger partial charge in [-0.05, 0) is 46.0 Å². The lowest BCUT2D eigenvalue weighted by Gasteiger charge is -2.49. The van der Waals surface area contributed by atoms with Gasteiger partial charge >= 0.3 is 0 Å². The molecule has 0 aromatic carbocycles. The number of hydrogen-bond acceptors (Lipinski definition) is 1. The first kappa shape index (κ1) is 11.2. The van der Waals surface area contributed by atoms with Crippen molar-refractivity contribution in [3.05, 3.63) is 11.6 Å². The standard InChI is InChI=1S/C14H24O/c1-5-6-13-12-9-11(8-7-10(12)2)14(3,4)15-13/h7,11-13H,5-6,8-9H2,1-4H3/t11-,12+,13-/m0/s1. The van der Waals surface area contributed by atoms with Gasteiger partial charge in [-0.2, -0.15) is 0 Å². The second kappa shape index (κ2) is 3.93. The van der Waals surface area contributed by atoms with Gasteiger partial charge in [-0.25, -0.2) is 0 Å². The van der Waals surface area contributed by atoms with Gasteiger partial charge in [-0.1, -0.05) is 25.0 Å². The molecule has 0 radical (unpaired) electrons. The van der Waals surface area contributed by atoms with Gasteiger partial charge < -0.3 is 4.74 Å². The molecule has 1 aliphatic carbocycles. The van der Waals surface area contributed by atoms with Crippen LogP contribution in [0.2, 0.25) is 0 Å². The van der Waals surface area contributed by atoms with Crippen LogP contribution in [-0.2, 0) is 4.74 Å². The van der Waals surface area contributed by atoms with E-state index in [1.165, 1.54) is 25.7 Å². The predicted molar refractivity (Wildman–Crippen MR) is 63.8 cm³/mol. The topological polar surface area (TPSA) is 9.23 Å². The number of rotatable bonds is 2. The van der Waals surface area contributed by atoms with Crippen molar-refractivity contribution in [2.24, 2.45) is 11.8 Å². The van der Waals surface area contributed by atoms with E-state index in [1.807, 2.05) is 0 Å². The Balaban J connectivity index is 2.20. The zero-order valence-corrected chi connectivity index (χ0v) is 10.5. The van der Waals surface area contributed by atoms with Crippen LogP contribution in [0.15, 0.2) is 11.6 Å². The number of fused-ring (bicyclic) bond motifs is 2. The Bertz CT molecular complexity index is 265. The first-order valence-corrected chi connectivity index (χ1v) is 6.39. The van der Waals surface area contributed by atoms with Crippen LogP contribution in [0.1, 0.15) is 53.4 Å². The fourth-order valence-corrected chi connectivity index (χ4v) is 3.19. The number of allylic oxidation sites excluding steroid dienone is 1. The average Bonchev–Trinajstić information content (AvgIpc) is 2.16. The van der Waals surface area contributed by atoms with E-state index in [0.717, 1.165) is 5.92 Å². The summed E-state index contributed by atoms with van der Waals surface area (Å²) in [6, 6.07) is 0. The summed E-state index contributed by atoms with van der Waals surface area (Å²) in [5, 5.41) is 0. The van der Waals surface area contributed by atoms with Gasteiger partial charge in [-0.15, -0.1) is 0 Å². The zero-order valence-electron chi connectivity index (χ0n) is 10.5. The van der Waals surface area contributed by atoms with Gasteiger partial charge in [0.2, 0.25) is 0 Å². The molecule has 0 saturated carbocycles. The molecule has 0 amide bonds. The van der Waals surface area contributed by atoms with Crippen molar-refractivity contribution in [2.75, 3.05) is 0 Å². The number of ether oxygens (including phenoxy) is 1. The molecule has 1 aliphatic heterocycles. The Hall–Kier alpha value is -0.300. The second-order valence-corrected chi connectivity index (χ2v) is 5.77. The van der Waals surface area contributed by atoms with E-state index in [0.29, 0.717) is 12.0 Å². The van der Waals surface area contributed by atoms with Crippen LogP contribution in [0.25, 0.3) is 0 Å². The van der Waals surface area contributed by atoms with Crippen LogP contribution < -0.4 is 0 Å². The van der Waals surface area contributed by atoms with Crippen LogP contribution in [0, 0.1) is 11.8 Å². The lowest BCUT2D eigenvalue weighted by atomic mass is 9.69. The maximum absolute atomic E-state index is 6.31. The van der Waals surface area contributed by atoms with E-state index in [2.05, 4.69) is 33.8 Å². The lowest BCUT2D eigenvalue weighted by Crippen LogP contribution is -2.49. The second-order valence-electron chi connectivity index (χ2n) is 5.77. The normalized spacial score (nSPS) is 38.7. The van der Waals surface area contributed by atoms with Gasteiger partial charge in [0.25, 0.3) is 0 Å². The van der Waals surface area contributed by atoms with Gasteiger partial charge in [0.1, 0.15) is 0 Å². The largest absolute Gasteiger partial charge is 0.371 e. The summed E-state index contributed by atoms with van der Waals surface area (Å²) in [5.41, 5.74) is 1.66. The molecule has 1 fully saturated rings. The van der Waals surface area contributed by atoms with Crippen LogP contribution in [0.5, 0.6) is 0 Å². The quantitative estimate of drug-likeness (QED) is 0.625. The van der Waals surface area contributed by atoms with Crippen LogP contribution in [-0.4, -0.2) is 11.7 Å². The van der Waals surface area contributed by atoms with Gasteiger partial charge in [0.05, 0.1) is 11.7 Å². The fourth-order valence-electron chi connectivity index (χ4n) is 3.19. The molecule has 15 heavy (non-hydrogen) atoms. The first-order valence-electron chi connectivity index (χ1n) is 6.39. The van der Waals surface area contributed by atoms with Crippen molar-refractivity contribution >= 4 is 0 Å². The minimum atomic E-state index is 0.0908. The summed E-state index contributed by atoms with van der Waals surface area (Å²) in [6.45, 7) is 9.08. The first-order chi connectivity index (χ1) is 7.04. The molecule has 2 bridgehead atoms. The van der Waals surface area contributed by atoms with Crippen molar-refractivity contribution in [3.63, 3.8) is 0 Å². The third kappa shape index (κ3) is 1.99. The van der Waals surface area contributed by atoms with Gasteiger partial charge in [0, 0.05) is 5.92 Å². The van der Waals surface area contributed by atoms with Crippen molar-refractivity contribution in [3.8, 4) is 0 Å². The maximum atomic E-state index is 6.31. The molecular weight excluding hydrogens is 184 g/mol. The zero-order chi connectivity index (χ0) is 11.1. The minimum Gasteiger partial charge on any atom is -0.371 e. The average molecular weight is 208 g/mol. The molecule has 0 aromatic rings. The summed E-state index contributed by atoms with van der Waals surface area (Å²) in [7, 11) is 0. The third-order valence-electron chi connectivity index (χ3n) is 4.31. The molecule has 0 unspecified atom stereocenters. The van der Waals surface area contributed by atoms with Crippen LogP contribution in [0.4, 0.5) is 0 Å². The van der Waals surface area contributed by atoms with Crippen LogP contribution in [0.3, 0.4) is 0 Å². The minimum absolute atomic E-state index is 0.0908. The highest BCUT2D eigenvalue weighted by molar-refractivity contribution is 5.14. The Morgan fingerprint density at radius 1 is 1.47 bits per heavy atom. The monoisotopic (exact) mass is 208 g/mol. The summed E-state index contributed by atoms with van der Waals surface area (Å²) >= 11 is 0. The van der Waals surface area contributed by atoms with Crippen LogP contribution >= 0.6 is 0 Å². The Labute approximate surface area is 93.9 Å². The molecule has 0 N–H and O–H groups in total. The molecule has 86 valence electrons. The molecule has 3 atom stereocenters. The van der Waals surface area contributed by atoms with E-state index in [9.17, 15) is 0 Å². The van der Waals surface area contributed by atoms with Crippen molar-refractivity contribution in [1.29, 1.82) is 0 Å². The highest BCUT2D eigenvalue weighted by atomic mass is 16.5. The molecule has 1 heterocycles. The Kier molecular flexibility index (Phi) is 2.94. The molecule has 2 aliphatic rings. The fraction of sp³-hybridized carbons (Fsp3) is 0.857. The number of hydrogen-bond donors (Lipinski definition) is 0. The van der Waals surface area contributed by atoms with E-state index >= 15 is 0 Å². The molecule has 1 heteroatoms. The van der Waals surface area contributed by atoms with Gasteiger partial charge in [0.15, 0.2) is 0 Å². The SMILES string of the molecule is CCC[C@@H]1OC(C)(C)[C@H]2CC=C(C)[C@H]1C2. The summed E-state index contributed by atoms with van der Waals surface area (Å²) in [6.07, 6.45) is 7.93. The third-order valence-corrected chi connectivity index (χ3v) is 4.31. The van der Waals surface area contributed by atoms with E-state index in [-0.39, 0.29) is 5.60 Å². The van der Waals surface area contributed by atoms with Crippen molar-refractivity contribution < 1.29 is 4.74 Å². The maximum Gasteiger partial charge on any atom is 0.0661 e. The molecule has 1 saturated heterocycles. The summed E-state index contributed by atoms with van der Waals surface area (Å²) < 4.78 is 6.31.